The molecule has 1 aliphatic heterocycles. The molecule has 5 nitrogen and oxygen atoms in total. The third-order valence-electron chi connectivity index (χ3n) is 4.10. The van der Waals surface area contributed by atoms with Crippen LogP contribution in [0.4, 0.5) is 5.95 Å². The van der Waals surface area contributed by atoms with Crippen LogP contribution in [0, 0.1) is 0 Å². The van der Waals surface area contributed by atoms with Crippen LogP contribution in [0.2, 0.25) is 0 Å². The van der Waals surface area contributed by atoms with E-state index in [4.69, 9.17) is 0 Å². The van der Waals surface area contributed by atoms with E-state index in [-0.39, 0.29) is 0 Å². The lowest BCUT2D eigenvalue weighted by Gasteiger charge is -2.21. The molecule has 1 fully saturated rings. The zero-order valence-electron chi connectivity index (χ0n) is 13.1. The predicted octanol–water partition coefficient (Wildman–Crippen LogP) is 2.15. The van der Waals surface area contributed by atoms with Crippen molar-refractivity contribution in [3.63, 3.8) is 0 Å². The van der Waals surface area contributed by atoms with Crippen molar-refractivity contribution < 1.29 is 0 Å². The number of hydrogen-bond acceptors (Lipinski definition) is 5. The summed E-state index contributed by atoms with van der Waals surface area (Å²) in [7, 11) is 0. The molecule has 0 spiro atoms. The van der Waals surface area contributed by atoms with E-state index in [9.17, 15) is 0 Å². The molecule has 1 saturated heterocycles. The first kappa shape index (κ1) is 14.9. The molecule has 5 heteroatoms. The quantitative estimate of drug-likeness (QED) is 0.865. The Morgan fingerprint density at radius 1 is 1.00 bits per heavy atom. The largest absolute Gasteiger partial charge is 0.339 e. The van der Waals surface area contributed by atoms with Crippen molar-refractivity contribution in [2.75, 3.05) is 31.1 Å². The molecule has 2 aromatic rings. The van der Waals surface area contributed by atoms with Crippen LogP contribution in [0.1, 0.15) is 24.6 Å². The number of pyridine rings is 1. The van der Waals surface area contributed by atoms with Crippen LogP contribution >= 0.6 is 0 Å². The summed E-state index contributed by atoms with van der Waals surface area (Å²) in [5.74, 6) is 0.842. The van der Waals surface area contributed by atoms with Gasteiger partial charge >= 0.3 is 0 Å². The van der Waals surface area contributed by atoms with Crippen molar-refractivity contribution in [1.82, 2.24) is 19.9 Å². The SMILES string of the molecule is CCc1ccc(CN2CCCN(c3ncccn3)CC2)nc1. The van der Waals surface area contributed by atoms with Crippen LogP contribution < -0.4 is 4.90 Å². The standard InChI is InChI=1S/C17H23N5/c1-2-15-5-6-16(20-13-15)14-21-9-4-10-22(12-11-21)17-18-7-3-8-19-17/h3,5-8,13H,2,4,9-12,14H2,1H3. The van der Waals surface area contributed by atoms with Gasteiger partial charge in [0.05, 0.1) is 5.69 Å². The summed E-state index contributed by atoms with van der Waals surface area (Å²) in [4.78, 5) is 18.0. The van der Waals surface area contributed by atoms with Crippen molar-refractivity contribution in [2.24, 2.45) is 0 Å². The molecule has 0 aliphatic carbocycles. The first-order valence-corrected chi connectivity index (χ1v) is 8.03. The van der Waals surface area contributed by atoms with Gasteiger partial charge in [0.1, 0.15) is 0 Å². The normalized spacial score (nSPS) is 16.5. The molecule has 22 heavy (non-hydrogen) atoms. The van der Waals surface area contributed by atoms with Crippen molar-refractivity contribution in [1.29, 1.82) is 0 Å². The number of anilines is 1. The van der Waals surface area contributed by atoms with Gasteiger partial charge in [0, 0.05) is 51.3 Å². The molecule has 0 atom stereocenters. The number of aryl methyl sites for hydroxylation is 1. The minimum absolute atomic E-state index is 0.842. The second-order valence-electron chi connectivity index (χ2n) is 5.68. The second-order valence-corrected chi connectivity index (χ2v) is 5.68. The fourth-order valence-electron chi connectivity index (χ4n) is 2.77. The monoisotopic (exact) mass is 297 g/mol. The molecule has 0 saturated carbocycles. The van der Waals surface area contributed by atoms with Crippen molar-refractivity contribution >= 4 is 5.95 Å². The number of rotatable bonds is 4. The van der Waals surface area contributed by atoms with E-state index in [0.717, 1.165) is 57.2 Å². The second kappa shape index (κ2) is 7.31. The van der Waals surface area contributed by atoms with Crippen LogP contribution in [0.3, 0.4) is 0 Å². The summed E-state index contributed by atoms with van der Waals surface area (Å²) in [5.41, 5.74) is 2.45. The average molecular weight is 297 g/mol. The molecular weight excluding hydrogens is 274 g/mol. The molecule has 0 unspecified atom stereocenters. The topological polar surface area (TPSA) is 45.2 Å². The fourth-order valence-corrected chi connectivity index (χ4v) is 2.77. The van der Waals surface area contributed by atoms with Gasteiger partial charge in [-0.2, -0.15) is 0 Å². The maximum atomic E-state index is 4.57. The van der Waals surface area contributed by atoms with Gasteiger partial charge < -0.3 is 4.90 Å². The molecule has 116 valence electrons. The first-order valence-electron chi connectivity index (χ1n) is 8.03. The van der Waals surface area contributed by atoms with Crippen LogP contribution in [-0.4, -0.2) is 46.0 Å². The fraction of sp³-hybridized carbons (Fsp3) is 0.471. The Kier molecular flexibility index (Phi) is 4.96. The van der Waals surface area contributed by atoms with Gasteiger partial charge in [-0.3, -0.25) is 9.88 Å². The lowest BCUT2D eigenvalue weighted by molar-refractivity contribution is 0.282. The smallest absolute Gasteiger partial charge is 0.225 e. The number of aromatic nitrogens is 3. The molecule has 0 amide bonds. The van der Waals surface area contributed by atoms with Crippen molar-refractivity contribution in [2.45, 2.75) is 26.3 Å². The number of hydrogen-bond donors (Lipinski definition) is 0. The minimum atomic E-state index is 0.842. The van der Waals surface area contributed by atoms with Crippen LogP contribution in [0.25, 0.3) is 0 Å². The highest BCUT2D eigenvalue weighted by Gasteiger charge is 2.17. The van der Waals surface area contributed by atoms with Gasteiger partial charge in [-0.05, 0) is 30.5 Å². The van der Waals surface area contributed by atoms with Crippen LogP contribution in [-0.2, 0) is 13.0 Å². The Morgan fingerprint density at radius 2 is 1.86 bits per heavy atom. The molecule has 2 aromatic heterocycles. The van der Waals surface area contributed by atoms with Gasteiger partial charge in [-0.1, -0.05) is 13.0 Å². The lowest BCUT2D eigenvalue weighted by Crippen LogP contribution is -2.31. The molecule has 1 aliphatic rings. The third-order valence-corrected chi connectivity index (χ3v) is 4.10. The maximum absolute atomic E-state index is 4.57. The highest BCUT2D eigenvalue weighted by molar-refractivity contribution is 5.28. The molecular formula is C17H23N5. The third kappa shape index (κ3) is 3.80. The van der Waals surface area contributed by atoms with Crippen LogP contribution in [0.15, 0.2) is 36.8 Å². The Hall–Kier alpha value is -2.01. The van der Waals surface area contributed by atoms with E-state index in [0.29, 0.717) is 0 Å². The predicted molar refractivity (Wildman–Crippen MR) is 87.8 cm³/mol. The maximum Gasteiger partial charge on any atom is 0.225 e. The van der Waals surface area contributed by atoms with Crippen LogP contribution in [0.5, 0.6) is 0 Å². The summed E-state index contributed by atoms with van der Waals surface area (Å²) in [6, 6.07) is 6.20. The summed E-state index contributed by atoms with van der Waals surface area (Å²) in [6.45, 7) is 7.19. The first-order chi connectivity index (χ1) is 10.8. The summed E-state index contributed by atoms with van der Waals surface area (Å²) in [6.07, 6.45) is 7.79. The van der Waals surface area contributed by atoms with Gasteiger partial charge in [-0.15, -0.1) is 0 Å². The molecule has 0 radical (unpaired) electrons. The lowest BCUT2D eigenvalue weighted by atomic mass is 10.2. The van der Waals surface area contributed by atoms with E-state index < -0.39 is 0 Å². The van der Waals surface area contributed by atoms with E-state index in [1.165, 1.54) is 5.56 Å². The van der Waals surface area contributed by atoms with E-state index in [1.807, 2.05) is 24.7 Å². The number of nitrogens with zero attached hydrogens (tertiary/aromatic N) is 5. The highest BCUT2D eigenvalue weighted by atomic mass is 15.3. The Bertz CT molecular complexity index is 569. The van der Waals surface area contributed by atoms with Gasteiger partial charge in [0.2, 0.25) is 5.95 Å². The van der Waals surface area contributed by atoms with E-state index >= 15 is 0 Å². The van der Waals surface area contributed by atoms with E-state index in [2.05, 4.69) is 43.8 Å². The summed E-state index contributed by atoms with van der Waals surface area (Å²) >= 11 is 0. The molecule has 0 N–H and O–H groups in total. The Morgan fingerprint density at radius 3 is 2.59 bits per heavy atom. The Balaban J connectivity index is 1.58. The van der Waals surface area contributed by atoms with Gasteiger partial charge in [-0.25, -0.2) is 9.97 Å². The Labute approximate surface area is 132 Å². The highest BCUT2D eigenvalue weighted by Crippen LogP contribution is 2.12. The van der Waals surface area contributed by atoms with Gasteiger partial charge in [0.15, 0.2) is 0 Å². The average Bonchev–Trinajstić information content (AvgIpc) is 2.82. The van der Waals surface area contributed by atoms with Gasteiger partial charge in [0.25, 0.3) is 0 Å². The molecule has 3 rings (SSSR count). The summed E-state index contributed by atoms with van der Waals surface area (Å²) in [5, 5.41) is 0. The van der Waals surface area contributed by atoms with E-state index in [1.54, 1.807) is 0 Å². The van der Waals surface area contributed by atoms with Crippen molar-refractivity contribution in [3.05, 3.63) is 48.0 Å². The molecule has 3 heterocycles. The minimum Gasteiger partial charge on any atom is -0.339 e. The summed E-state index contributed by atoms with van der Waals surface area (Å²) < 4.78 is 0. The zero-order chi connectivity index (χ0) is 15.2. The van der Waals surface area contributed by atoms with Crippen molar-refractivity contribution in [3.8, 4) is 0 Å². The zero-order valence-corrected chi connectivity index (χ0v) is 13.1. The molecule has 0 aromatic carbocycles. The molecule has 0 bridgehead atoms.